The number of ether oxygens (including phenoxy) is 1. The number of nitrogens with zero attached hydrogens (tertiary/aromatic N) is 1. The van der Waals surface area contributed by atoms with Crippen molar-refractivity contribution in [2.24, 2.45) is 0 Å². The Morgan fingerprint density at radius 2 is 1.56 bits per heavy atom. The molecule has 0 fully saturated rings. The fraction of sp³-hybridized carbons (Fsp3) is 0.154. The highest BCUT2D eigenvalue weighted by Crippen LogP contribution is 2.33. The van der Waals surface area contributed by atoms with Crippen LogP contribution in [0.25, 0.3) is 5.57 Å². The molecule has 0 aromatic heterocycles. The van der Waals surface area contributed by atoms with Gasteiger partial charge in [-0.3, -0.25) is 14.5 Å². The first-order valence-corrected chi connectivity index (χ1v) is 10.9. The molecule has 1 aliphatic rings. The van der Waals surface area contributed by atoms with Gasteiger partial charge < -0.3 is 10.1 Å². The summed E-state index contributed by atoms with van der Waals surface area (Å²) in [6.45, 7) is 2.67. The molecular weight excluding hydrogens is 424 g/mol. The number of halogens is 1. The summed E-state index contributed by atoms with van der Waals surface area (Å²) in [7, 11) is 0. The van der Waals surface area contributed by atoms with Crippen molar-refractivity contribution in [3.63, 3.8) is 0 Å². The van der Waals surface area contributed by atoms with E-state index in [1.54, 1.807) is 24.3 Å². The average molecular weight is 447 g/mol. The Morgan fingerprint density at radius 3 is 2.28 bits per heavy atom. The molecule has 1 aliphatic heterocycles. The molecule has 0 radical (unpaired) electrons. The molecule has 0 spiro atoms. The predicted octanol–water partition coefficient (Wildman–Crippen LogP) is 5.17. The van der Waals surface area contributed by atoms with E-state index in [1.165, 1.54) is 4.90 Å². The van der Waals surface area contributed by atoms with Gasteiger partial charge in [0.05, 0.1) is 17.9 Å². The Hall–Kier alpha value is -3.57. The molecule has 1 heterocycles. The minimum atomic E-state index is -0.359. The topological polar surface area (TPSA) is 58.6 Å². The summed E-state index contributed by atoms with van der Waals surface area (Å²) in [6, 6.07) is 24.1. The molecule has 0 saturated heterocycles. The molecule has 3 aromatic rings. The Balaban J connectivity index is 1.69. The van der Waals surface area contributed by atoms with Crippen LogP contribution in [0.1, 0.15) is 18.1 Å². The lowest BCUT2D eigenvalue weighted by Crippen LogP contribution is -2.34. The predicted molar refractivity (Wildman–Crippen MR) is 126 cm³/mol. The summed E-state index contributed by atoms with van der Waals surface area (Å²) in [6.07, 6.45) is 0.578. The molecule has 0 aliphatic carbocycles. The van der Waals surface area contributed by atoms with Gasteiger partial charge in [-0.15, -0.1) is 0 Å². The van der Waals surface area contributed by atoms with Crippen molar-refractivity contribution in [2.45, 2.75) is 13.3 Å². The van der Waals surface area contributed by atoms with Crippen molar-refractivity contribution in [2.75, 3.05) is 18.5 Å². The second-order valence-corrected chi connectivity index (χ2v) is 7.75. The number of hydrogen-bond acceptors (Lipinski definition) is 4. The van der Waals surface area contributed by atoms with Crippen LogP contribution in [0.2, 0.25) is 5.02 Å². The van der Waals surface area contributed by atoms with Crippen LogP contribution in [0.15, 0.2) is 84.6 Å². The molecule has 2 amide bonds. The Labute approximate surface area is 192 Å². The third kappa shape index (κ3) is 4.53. The van der Waals surface area contributed by atoms with Gasteiger partial charge in [0.15, 0.2) is 0 Å². The number of benzene rings is 3. The van der Waals surface area contributed by atoms with E-state index in [0.29, 0.717) is 40.6 Å². The number of rotatable bonds is 8. The molecule has 32 heavy (non-hydrogen) atoms. The lowest BCUT2D eigenvalue weighted by atomic mass is 10.0. The van der Waals surface area contributed by atoms with Crippen LogP contribution >= 0.6 is 11.6 Å². The van der Waals surface area contributed by atoms with E-state index in [2.05, 4.69) is 5.32 Å². The van der Waals surface area contributed by atoms with Gasteiger partial charge in [0.2, 0.25) is 0 Å². The zero-order valence-corrected chi connectivity index (χ0v) is 18.4. The minimum absolute atomic E-state index is 0.234. The maximum Gasteiger partial charge on any atom is 0.278 e. The van der Waals surface area contributed by atoms with Crippen LogP contribution in [0, 0.1) is 0 Å². The molecule has 3 aromatic carbocycles. The number of imide groups is 1. The molecule has 4 rings (SSSR count). The smallest absolute Gasteiger partial charge is 0.278 e. The monoisotopic (exact) mass is 446 g/mol. The number of carbonyl (C=O) groups is 2. The van der Waals surface area contributed by atoms with E-state index < -0.39 is 0 Å². The van der Waals surface area contributed by atoms with Gasteiger partial charge in [0.1, 0.15) is 11.4 Å². The van der Waals surface area contributed by atoms with Crippen LogP contribution in [0.5, 0.6) is 5.75 Å². The van der Waals surface area contributed by atoms with E-state index in [9.17, 15) is 9.59 Å². The average Bonchev–Trinajstić information content (AvgIpc) is 3.04. The van der Waals surface area contributed by atoms with Gasteiger partial charge in [-0.1, -0.05) is 66.2 Å². The van der Waals surface area contributed by atoms with Gasteiger partial charge in [-0.25, -0.2) is 0 Å². The number of para-hydroxylation sites is 2. The highest BCUT2D eigenvalue weighted by Gasteiger charge is 2.39. The van der Waals surface area contributed by atoms with Gasteiger partial charge in [0.25, 0.3) is 11.8 Å². The second kappa shape index (κ2) is 9.71. The van der Waals surface area contributed by atoms with E-state index in [1.807, 2.05) is 61.5 Å². The summed E-state index contributed by atoms with van der Waals surface area (Å²) in [5, 5.41) is 3.73. The normalized spacial score (nSPS) is 13.6. The number of nitrogens with one attached hydrogen (secondary N) is 1. The summed E-state index contributed by atoms with van der Waals surface area (Å²) in [5.74, 6) is -0.0761. The van der Waals surface area contributed by atoms with Gasteiger partial charge in [0, 0.05) is 11.6 Å². The molecule has 0 bridgehead atoms. The van der Waals surface area contributed by atoms with Crippen molar-refractivity contribution in [1.82, 2.24) is 4.90 Å². The first-order chi connectivity index (χ1) is 15.6. The largest absolute Gasteiger partial charge is 0.492 e. The van der Waals surface area contributed by atoms with Gasteiger partial charge in [-0.2, -0.15) is 0 Å². The SMILES string of the molecule is CCOc1ccccc1NC1=C(c2ccc(Cl)cc2)C(=O)N(CCc2ccccc2)C1=O. The Morgan fingerprint density at radius 1 is 0.875 bits per heavy atom. The summed E-state index contributed by atoms with van der Waals surface area (Å²) in [4.78, 5) is 28.1. The first kappa shape index (κ1) is 21.7. The first-order valence-electron chi connectivity index (χ1n) is 10.5. The van der Waals surface area contributed by atoms with Gasteiger partial charge in [-0.05, 0) is 48.7 Å². The molecule has 162 valence electrons. The Kier molecular flexibility index (Phi) is 6.57. The zero-order chi connectivity index (χ0) is 22.5. The van der Waals surface area contributed by atoms with E-state index >= 15 is 0 Å². The number of carbonyl (C=O) groups excluding carboxylic acids is 2. The lowest BCUT2D eigenvalue weighted by Gasteiger charge is -2.16. The number of anilines is 1. The van der Waals surface area contributed by atoms with E-state index in [0.717, 1.165) is 5.56 Å². The van der Waals surface area contributed by atoms with Crippen LogP contribution in [-0.4, -0.2) is 29.9 Å². The van der Waals surface area contributed by atoms with Crippen molar-refractivity contribution in [3.8, 4) is 5.75 Å². The summed E-state index contributed by atoms with van der Waals surface area (Å²) >= 11 is 6.04. The van der Waals surface area contributed by atoms with E-state index in [-0.39, 0.29) is 24.1 Å². The maximum atomic E-state index is 13.4. The number of hydrogen-bond donors (Lipinski definition) is 1. The lowest BCUT2D eigenvalue weighted by molar-refractivity contribution is -0.136. The third-order valence-corrected chi connectivity index (χ3v) is 5.47. The van der Waals surface area contributed by atoms with Crippen LogP contribution < -0.4 is 10.1 Å². The molecule has 5 nitrogen and oxygen atoms in total. The molecule has 0 unspecified atom stereocenters. The molecule has 6 heteroatoms. The van der Waals surface area contributed by atoms with E-state index in [4.69, 9.17) is 16.3 Å². The second-order valence-electron chi connectivity index (χ2n) is 7.31. The molecule has 0 atom stereocenters. The van der Waals surface area contributed by atoms with Crippen LogP contribution in [0.3, 0.4) is 0 Å². The highest BCUT2D eigenvalue weighted by atomic mass is 35.5. The van der Waals surface area contributed by atoms with Crippen LogP contribution in [0.4, 0.5) is 5.69 Å². The van der Waals surface area contributed by atoms with Crippen molar-refractivity contribution in [1.29, 1.82) is 0 Å². The number of amides is 2. The third-order valence-electron chi connectivity index (χ3n) is 5.21. The summed E-state index contributed by atoms with van der Waals surface area (Å²) in [5.41, 5.74) is 2.88. The highest BCUT2D eigenvalue weighted by molar-refractivity contribution is 6.37. The zero-order valence-electron chi connectivity index (χ0n) is 17.7. The fourth-order valence-electron chi connectivity index (χ4n) is 3.65. The maximum absolute atomic E-state index is 13.4. The standard InChI is InChI=1S/C26H23ClN2O3/c1-2-32-22-11-7-6-10-21(22)28-24-23(19-12-14-20(27)15-13-19)25(30)29(26(24)31)17-16-18-8-4-3-5-9-18/h3-15,28H,2,16-17H2,1H3. The van der Waals surface area contributed by atoms with Crippen LogP contribution in [-0.2, 0) is 16.0 Å². The van der Waals surface area contributed by atoms with Gasteiger partial charge >= 0.3 is 0 Å². The molecular formula is C26H23ClN2O3. The molecule has 0 saturated carbocycles. The fourth-order valence-corrected chi connectivity index (χ4v) is 3.78. The van der Waals surface area contributed by atoms with Crippen molar-refractivity contribution in [3.05, 3.63) is 101 Å². The Bertz CT molecular complexity index is 1160. The molecule has 1 N–H and O–H groups in total. The van der Waals surface area contributed by atoms with Crippen molar-refractivity contribution < 1.29 is 14.3 Å². The summed E-state index contributed by atoms with van der Waals surface area (Å²) < 4.78 is 5.69. The minimum Gasteiger partial charge on any atom is -0.492 e. The quantitative estimate of drug-likeness (QED) is 0.485. The van der Waals surface area contributed by atoms with Crippen molar-refractivity contribution >= 4 is 34.7 Å².